The highest BCUT2D eigenvalue weighted by molar-refractivity contribution is 5.31. The standard InChI is InChI=1S/C18H29NO/c1-5-12-19-13-10-18(20,11-14-19)16-8-6-15(7-9-16)17(2,3)4/h6-9,20H,5,10-14H2,1-4H3. The predicted molar refractivity (Wildman–Crippen MR) is 85.0 cm³/mol. The van der Waals surface area contributed by atoms with Gasteiger partial charge in [0.25, 0.3) is 0 Å². The second-order valence-corrected chi connectivity index (χ2v) is 7.20. The van der Waals surface area contributed by atoms with E-state index in [1.807, 2.05) is 0 Å². The van der Waals surface area contributed by atoms with Gasteiger partial charge >= 0.3 is 0 Å². The van der Waals surface area contributed by atoms with E-state index >= 15 is 0 Å². The summed E-state index contributed by atoms with van der Waals surface area (Å²) in [7, 11) is 0. The van der Waals surface area contributed by atoms with Crippen molar-refractivity contribution in [1.29, 1.82) is 0 Å². The highest BCUT2D eigenvalue weighted by Gasteiger charge is 2.33. The second-order valence-electron chi connectivity index (χ2n) is 7.20. The normalized spacial score (nSPS) is 20.1. The first kappa shape index (κ1) is 15.5. The third-order valence-electron chi connectivity index (χ3n) is 4.51. The Morgan fingerprint density at radius 1 is 1.10 bits per heavy atom. The van der Waals surface area contributed by atoms with E-state index in [0.29, 0.717) is 0 Å². The average molecular weight is 275 g/mol. The Labute approximate surface area is 123 Å². The monoisotopic (exact) mass is 275 g/mol. The van der Waals surface area contributed by atoms with Crippen LogP contribution in [0.3, 0.4) is 0 Å². The zero-order chi connectivity index (χ0) is 14.8. The molecule has 0 bridgehead atoms. The molecule has 0 aliphatic carbocycles. The van der Waals surface area contributed by atoms with Gasteiger partial charge in [0.15, 0.2) is 0 Å². The molecular formula is C18H29NO. The molecule has 2 nitrogen and oxygen atoms in total. The molecule has 1 aliphatic heterocycles. The molecule has 1 aromatic carbocycles. The molecule has 1 aromatic rings. The number of piperidine rings is 1. The van der Waals surface area contributed by atoms with Gasteiger partial charge in [-0.1, -0.05) is 52.0 Å². The third-order valence-corrected chi connectivity index (χ3v) is 4.51. The Kier molecular flexibility index (Phi) is 4.55. The smallest absolute Gasteiger partial charge is 0.0920 e. The first-order chi connectivity index (χ1) is 9.35. The summed E-state index contributed by atoms with van der Waals surface area (Å²) >= 11 is 0. The number of hydrogen-bond acceptors (Lipinski definition) is 2. The van der Waals surface area contributed by atoms with E-state index in [0.717, 1.165) is 38.0 Å². The number of benzene rings is 1. The minimum Gasteiger partial charge on any atom is -0.385 e. The molecule has 1 aliphatic rings. The summed E-state index contributed by atoms with van der Waals surface area (Å²) < 4.78 is 0. The van der Waals surface area contributed by atoms with Crippen molar-refractivity contribution in [3.63, 3.8) is 0 Å². The SMILES string of the molecule is CCCN1CCC(O)(c2ccc(C(C)(C)C)cc2)CC1. The van der Waals surface area contributed by atoms with Gasteiger partial charge in [-0.25, -0.2) is 0 Å². The van der Waals surface area contributed by atoms with Gasteiger partial charge in [-0.2, -0.15) is 0 Å². The first-order valence-electron chi connectivity index (χ1n) is 7.91. The molecule has 0 saturated carbocycles. The van der Waals surface area contributed by atoms with Gasteiger partial charge in [-0.3, -0.25) is 0 Å². The Bertz CT molecular complexity index is 422. The lowest BCUT2D eigenvalue weighted by Crippen LogP contribution is -2.42. The summed E-state index contributed by atoms with van der Waals surface area (Å²) in [4.78, 5) is 2.46. The molecule has 20 heavy (non-hydrogen) atoms. The molecule has 1 saturated heterocycles. The maximum atomic E-state index is 10.9. The summed E-state index contributed by atoms with van der Waals surface area (Å²) in [5.41, 5.74) is 1.96. The summed E-state index contributed by atoms with van der Waals surface area (Å²) in [6.07, 6.45) is 2.89. The molecule has 0 spiro atoms. The molecule has 0 atom stereocenters. The van der Waals surface area contributed by atoms with Crippen LogP contribution in [-0.2, 0) is 11.0 Å². The fourth-order valence-electron chi connectivity index (χ4n) is 3.03. The lowest BCUT2D eigenvalue weighted by Gasteiger charge is -2.38. The van der Waals surface area contributed by atoms with Crippen LogP contribution in [0.25, 0.3) is 0 Å². The van der Waals surface area contributed by atoms with Crippen LogP contribution in [-0.4, -0.2) is 29.6 Å². The van der Waals surface area contributed by atoms with Gasteiger partial charge < -0.3 is 10.0 Å². The fourth-order valence-corrected chi connectivity index (χ4v) is 3.03. The van der Waals surface area contributed by atoms with Crippen molar-refractivity contribution in [2.24, 2.45) is 0 Å². The van der Waals surface area contributed by atoms with Crippen molar-refractivity contribution in [3.8, 4) is 0 Å². The molecule has 1 N–H and O–H groups in total. The molecule has 0 radical (unpaired) electrons. The summed E-state index contributed by atoms with van der Waals surface area (Å²) in [5, 5.41) is 10.9. The van der Waals surface area contributed by atoms with E-state index in [-0.39, 0.29) is 5.41 Å². The Balaban J connectivity index is 2.08. The zero-order valence-electron chi connectivity index (χ0n) is 13.4. The lowest BCUT2D eigenvalue weighted by atomic mass is 9.81. The number of likely N-dealkylation sites (tertiary alicyclic amines) is 1. The summed E-state index contributed by atoms with van der Waals surface area (Å²) in [6, 6.07) is 8.59. The topological polar surface area (TPSA) is 23.5 Å². The van der Waals surface area contributed by atoms with Crippen LogP contribution in [0.1, 0.15) is 58.1 Å². The van der Waals surface area contributed by atoms with Crippen LogP contribution < -0.4 is 0 Å². The fraction of sp³-hybridized carbons (Fsp3) is 0.667. The number of hydrogen-bond donors (Lipinski definition) is 1. The molecule has 0 amide bonds. The van der Waals surface area contributed by atoms with Gasteiger partial charge in [-0.15, -0.1) is 0 Å². The first-order valence-corrected chi connectivity index (χ1v) is 7.91. The maximum absolute atomic E-state index is 10.9. The van der Waals surface area contributed by atoms with E-state index in [1.54, 1.807) is 0 Å². The molecule has 112 valence electrons. The van der Waals surface area contributed by atoms with E-state index in [2.05, 4.69) is 56.9 Å². The number of rotatable bonds is 3. The molecule has 1 fully saturated rings. The summed E-state index contributed by atoms with van der Waals surface area (Å²) in [6.45, 7) is 12.0. The van der Waals surface area contributed by atoms with Crippen molar-refractivity contribution >= 4 is 0 Å². The number of aliphatic hydroxyl groups is 1. The molecule has 2 rings (SSSR count). The van der Waals surface area contributed by atoms with Crippen molar-refractivity contribution in [3.05, 3.63) is 35.4 Å². The van der Waals surface area contributed by atoms with Crippen molar-refractivity contribution in [2.45, 2.75) is 58.0 Å². The summed E-state index contributed by atoms with van der Waals surface area (Å²) in [5.74, 6) is 0. The molecular weight excluding hydrogens is 246 g/mol. The zero-order valence-corrected chi connectivity index (χ0v) is 13.4. The Morgan fingerprint density at radius 2 is 1.65 bits per heavy atom. The second kappa shape index (κ2) is 5.87. The predicted octanol–water partition coefficient (Wildman–Crippen LogP) is 3.68. The molecule has 0 aromatic heterocycles. The van der Waals surface area contributed by atoms with Crippen molar-refractivity contribution in [2.75, 3.05) is 19.6 Å². The van der Waals surface area contributed by atoms with Gasteiger partial charge in [0.2, 0.25) is 0 Å². The third kappa shape index (κ3) is 3.42. The highest BCUT2D eigenvalue weighted by atomic mass is 16.3. The average Bonchev–Trinajstić information content (AvgIpc) is 2.41. The lowest BCUT2D eigenvalue weighted by molar-refractivity contribution is -0.0258. The number of nitrogens with zero attached hydrogens (tertiary/aromatic N) is 1. The minimum absolute atomic E-state index is 0.172. The van der Waals surface area contributed by atoms with Crippen LogP contribution >= 0.6 is 0 Å². The molecule has 0 unspecified atom stereocenters. The Hall–Kier alpha value is -0.860. The van der Waals surface area contributed by atoms with Gasteiger partial charge in [-0.05, 0) is 42.3 Å². The van der Waals surface area contributed by atoms with E-state index in [1.165, 1.54) is 12.0 Å². The highest BCUT2D eigenvalue weighted by Crippen LogP contribution is 2.34. The van der Waals surface area contributed by atoms with E-state index in [9.17, 15) is 5.11 Å². The Morgan fingerprint density at radius 3 is 2.10 bits per heavy atom. The molecule has 2 heteroatoms. The van der Waals surface area contributed by atoms with Gasteiger partial charge in [0.05, 0.1) is 5.60 Å². The van der Waals surface area contributed by atoms with Gasteiger partial charge in [0, 0.05) is 13.1 Å². The quantitative estimate of drug-likeness (QED) is 0.909. The van der Waals surface area contributed by atoms with Crippen molar-refractivity contribution in [1.82, 2.24) is 4.90 Å². The van der Waals surface area contributed by atoms with Crippen LogP contribution in [0.2, 0.25) is 0 Å². The van der Waals surface area contributed by atoms with Crippen LogP contribution in [0.5, 0.6) is 0 Å². The minimum atomic E-state index is -0.624. The van der Waals surface area contributed by atoms with Crippen molar-refractivity contribution < 1.29 is 5.11 Å². The van der Waals surface area contributed by atoms with E-state index < -0.39 is 5.60 Å². The van der Waals surface area contributed by atoms with E-state index in [4.69, 9.17) is 0 Å². The van der Waals surface area contributed by atoms with Crippen LogP contribution in [0, 0.1) is 0 Å². The van der Waals surface area contributed by atoms with Gasteiger partial charge in [0.1, 0.15) is 0 Å². The van der Waals surface area contributed by atoms with Crippen LogP contribution in [0.4, 0.5) is 0 Å². The van der Waals surface area contributed by atoms with Crippen LogP contribution in [0.15, 0.2) is 24.3 Å². The molecule has 1 heterocycles. The largest absolute Gasteiger partial charge is 0.385 e. The maximum Gasteiger partial charge on any atom is 0.0920 e.